The van der Waals surface area contributed by atoms with Crippen LogP contribution in [0.4, 0.5) is 0 Å². The van der Waals surface area contributed by atoms with Gasteiger partial charge in [-0.15, -0.1) is 0 Å². The Balaban J connectivity index is 1.49. The van der Waals surface area contributed by atoms with Crippen molar-refractivity contribution in [2.45, 2.75) is 12.3 Å². The third kappa shape index (κ3) is 6.96. The number of carbonyl (C=O) groups excluding carboxylic acids is 2. The summed E-state index contributed by atoms with van der Waals surface area (Å²) in [5.74, 6) is -0.696. The van der Waals surface area contributed by atoms with Gasteiger partial charge >= 0.3 is 0 Å². The Morgan fingerprint density at radius 2 is 1.76 bits per heavy atom. The summed E-state index contributed by atoms with van der Waals surface area (Å²) in [6, 6.07) is 13.4. The Morgan fingerprint density at radius 3 is 2.48 bits per heavy atom. The van der Waals surface area contributed by atoms with Crippen LogP contribution < -0.4 is 10.6 Å². The van der Waals surface area contributed by atoms with Gasteiger partial charge in [0.25, 0.3) is 0 Å². The van der Waals surface area contributed by atoms with E-state index in [0.717, 1.165) is 44.0 Å². The molecule has 1 aromatic heterocycles. The highest BCUT2D eigenvalue weighted by Gasteiger charge is 2.21. The first-order valence-corrected chi connectivity index (χ1v) is 10.0. The summed E-state index contributed by atoms with van der Waals surface area (Å²) in [5.41, 5.74) is 1.95. The molecule has 0 bridgehead atoms. The van der Waals surface area contributed by atoms with Gasteiger partial charge in [-0.3, -0.25) is 19.5 Å². The lowest BCUT2D eigenvalue weighted by Crippen LogP contribution is -2.44. The summed E-state index contributed by atoms with van der Waals surface area (Å²) in [6.45, 7) is 4.58. The van der Waals surface area contributed by atoms with Gasteiger partial charge in [-0.1, -0.05) is 30.3 Å². The average Bonchev–Trinajstić information content (AvgIpc) is 2.78. The lowest BCUT2D eigenvalue weighted by Gasteiger charge is -2.26. The van der Waals surface area contributed by atoms with Crippen LogP contribution in [0.3, 0.4) is 0 Å². The number of nitrogens with zero attached hydrogens (tertiary/aromatic N) is 2. The largest absolute Gasteiger partial charge is 0.379 e. The minimum Gasteiger partial charge on any atom is -0.379 e. The molecule has 1 aliphatic heterocycles. The standard InChI is InChI=1S/C22H28N4O3/c27-21(24-10-11-26-12-14-29-15-13-26)17-25-22(28)20(19-4-2-1-3-5-19)16-18-6-8-23-9-7-18/h1-9,20H,10-17H2,(H,24,27)(H,25,28). The van der Waals surface area contributed by atoms with Crippen LogP contribution >= 0.6 is 0 Å². The van der Waals surface area contributed by atoms with E-state index < -0.39 is 0 Å². The predicted octanol–water partition coefficient (Wildman–Crippen LogP) is 0.973. The first kappa shape index (κ1) is 21.0. The molecule has 7 nitrogen and oxygen atoms in total. The molecule has 0 aliphatic carbocycles. The first-order valence-electron chi connectivity index (χ1n) is 10.0. The van der Waals surface area contributed by atoms with Crippen LogP contribution in [0, 0.1) is 0 Å². The number of carbonyl (C=O) groups is 2. The third-order valence-electron chi connectivity index (χ3n) is 4.98. The zero-order valence-electron chi connectivity index (χ0n) is 16.5. The number of hydrogen-bond donors (Lipinski definition) is 2. The molecule has 0 spiro atoms. The predicted molar refractivity (Wildman–Crippen MR) is 110 cm³/mol. The zero-order chi connectivity index (χ0) is 20.3. The topological polar surface area (TPSA) is 83.6 Å². The summed E-state index contributed by atoms with van der Waals surface area (Å²) in [6.07, 6.45) is 3.99. The quantitative estimate of drug-likeness (QED) is 0.660. The van der Waals surface area contributed by atoms with Gasteiger partial charge in [0.15, 0.2) is 0 Å². The molecule has 0 saturated carbocycles. The molecule has 1 aliphatic rings. The Hall–Kier alpha value is -2.77. The van der Waals surface area contributed by atoms with Gasteiger partial charge in [0.1, 0.15) is 0 Å². The molecule has 2 amide bonds. The van der Waals surface area contributed by atoms with Crippen molar-refractivity contribution in [1.29, 1.82) is 0 Å². The van der Waals surface area contributed by atoms with E-state index in [0.29, 0.717) is 13.0 Å². The fourth-order valence-electron chi connectivity index (χ4n) is 3.33. The number of nitrogens with one attached hydrogen (secondary N) is 2. The van der Waals surface area contributed by atoms with E-state index in [1.165, 1.54) is 0 Å². The van der Waals surface area contributed by atoms with Crippen molar-refractivity contribution in [3.8, 4) is 0 Å². The van der Waals surface area contributed by atoms with Crippen molar-refractivity contribution < 1.29 is 14.3 Å². The summed E-state index contributed by atoms with van der Waals surface area (Å²) < 4.78 is 5.31. The Morgan fingerprint density at radius 1 is 1.03 bits per heavy atom. The fraction of sp³-hybridized carbons (Fsp3) is 0.409. The average molecular weight is 396 g/mol. The molecule has 3 rings (SSSR count). The van der Waals surface area contributed by atoms with E-state index in [1.54, 1.807) is 12.4 Å². The second-order valence-corrected chi connectivity index (χ2v) is 7.04. The van der Waals surface area contributed by atoms with Gasteiger partial charge < -0.3 is 15.4 Å². The maximum atomic E-state index is 12.8. The molecule has 1 aromatic carbocycles. The summed E-state index contributed by atoms with van der Waals surface area (Å²) in [4.78, 5) is 31.3. The molecule has 2 N–H and O–H groups in total. The number of ether oxygens (including phenoxy) is 1. The SMILES string of the molecule is O=C(CNC(=O)C(Cc1ccncc1)c1ccccc1)NCCN1CCOCC1. The summed E-state index contributed by atoms with van der Waals surface area (Å²) in [5, 5.41) is 5.66. The number of hydrogen-bond acceptors (Lipinski definition) is 5. The molecule has 2 aromatic rings. The molecule has 1 atom stereocenters. The van der Waals surface area contributed by atoms with Crippen LogP contribution in [-0.4, -0.2) is 67.6 Å². The second kappa shape index (κ2) is 11.3. The molecular formula is C22H28N4O3. The fourth-order valence-corrected chi connectivity index (χ4v) is 3.33. The normalized spacial score (nSPS) is 15.4. The smallest absolute Gasteiger partial charge is 0.239 e. The van der Waals surface area contributed by atoms with Crippen molar-refractivity contribution in [3.63, 3.8) is 0 Å². The van der Waals surface area contributed by atoms with Crippen molar-refractivity contribution in [2.75, 3.05) is 45.9 Å². The van der Waals surface area contributed by atoms with Crippen LogP contribution in [0.2, 0.25) is 0 Å². The van der Waals surface area contributed by atoms with E-state index in [1.807, 2.05) is 42.5 Å². The maximum absolute atomic E-state index is 12.8. The molecular weight excluding hydrogens is 368 g/mol. The van der Waals surface area contributed by atoms with Gasteiger partial charge in [-0.05, 0) is 29.7 Å². The van der Waals surface area contributed by atoms with E-state index in [2.05, 4.69) is 20.5 Å². The molecule has 1 fully saturated rings. The first-order chi connectivity index (χ1) is 14.2. The van der Waals surface area contributed by atoms with Crippen molar-refractivity contribution >= 4 is 11.8 Å². The Labute approximate surface area is 171 Å². The molecule has 1 unspecified atom stereocenters. The highest BCUT2D eigenvalue weighted by Crippen LogP contribution is 2.21. The van der Waals surface area contributed by atoms with Crippen molar-refractivity contribution in [3.05, 3.63) is 66.0 Å². The molecule has 29 heavy (non-hydrogen) atoms. The van der Waals surface area contributed by atoms with Crippen molar-refractivity contribution in [1.82, 2.24) is 20.5 Å². The Bertz CT molecular complexity index is 764. The highest BCUT2D eigenvalue weighted by atomic mass is 16.5. The minimum atomic E-state index is -0.361. The van der Waals surface area contributed by atoms with Crippen molar-refractivity contribution in [2.24, 2.45) is 0 Å². The second-order valence-electron chi connectivity index (χ2n) is 7.04. The zero-order valence-corrected chi connectivity index (χ0v) is 16.5. The van der Waals surface area contributed by atoms with Crippen LogP contribution in [0.15, 0.2) is 54.9 Å². The van der Waals surface area contributed by atoms with Gasteiger partial charge in [-0.25, -0.2) is 0 Å². The molecule has 1 saturated heterocycles. The van der Waals surface area contributed by atoms with Gasteiger partial charge in [0.05, 0.1) is 25.7 Å². The summed E-state index contributed by atoms with van der Waals surface area (Å²) >= 11 is 0. The number of rotatable bonds is 9. The van der Waals surface area contributed by atoms with E-state index in [9.17, 15) is 9.59 Å². The van der Waals surface area contributed by atoms with Gasteiger partial charge in [0.2, 0.25) is 11.8 Å². The van der Waals surface area contributed by atoms with Crippen LogP contribution in [0.25, 0.3) is 0 Å². The van der Waals surface area contributed by atoms with E-state index in [4.69, 9.17) is 4.74 Å². The van der Waals surface area contributed by atoms with Gasteiger partial charge in [0, 0.05) is 38.6 Å². The minimum absolute atomic E-state index is 0.0262. The lowest BCUT2D eigenvalue weighted by atomic mass is 9.91. The lowest BCUT2D eigenvalue weighted by molar-refractivity contribution is -0.127. The van der Waals surface area contributed by atoms with E-state index >= 15 is 0 Å². The number of pyridine rings is 1. The molecule has 0 radical (unpaired) electrons. The highest BCUT2D eigenvalue weighted by molar-refractivity contribution is 5.88. The number of amides is 2. The van der Waals surface area contributed by atoms with Crippen LogP contribution in [0.1, 0.15) is 17.0 Å². The molecule has 154 valence electrons. The van der Waals surface area contributed by atoms with Crippen LogP contribution in [0.5, 0.6) is 0 Å². The monoisotopic (exact) mass is 396 g/mol. The van der Waals surface area contributed by atoms with E-state index in [-0.39, 0.29) is 24.3 Å². The third-order valence-corrected chi connectivity index (χ3v) is 4.98. The number of benzene rings is 1. The number of morpholine rings is 1. The molecule has 2 heterocycles. The Kier molecular flexibility index (Phi) is 8.15. The summed E-state index contributed by atoms with van der Waals surface area (Å²) in [7, 11) is 0. The van der Waals surface area contributed by atoms with Crippen LogP contribution in [-0.2, 0) is 20.7 Å². The number of aromatic nitrogens is 1. The van der Waals surface area contributed by atoms with Gasteiger partial charge in [-0.2, -0.15) is 0 Å². The molecule has 7 heteroatoms. The maximum Gasteiger partial charge on any atom is 0.239 e.